The second-order valence-electron chi connectivity index (χ2n) is 4.17. The maximum atomic E-state index is 5.98. The van der Waals surface area contributed by atoms with Crippen molar-refractivity contribution in [2.75, 3.05) is 10.6 Å². The zero-order valence-corrected chi connectivity index (χ0v) is 10.5. The van der Waals surface area contributed by atoms with Crippen molar-refractivity contribution in [3.8, 4) is 0 Å². The van der Waals surface area contributed by atoms with E-state index in [1.165, 1.54) is 11.1 Å². The highest BCUT2D eigenvalue weighted by molar-refractivity contribution is 7.15. The van der Waals surface area contributed by atoms with E-state index < -0.39 is 0 Å². The highest BCUT2D eigenvalue weighted by Gasteiger charge is 2.23. The second kappa shape index (κ2) is 4.00. The largest absolute Gasteiger partial charge is 0.398 e. The Morgan fingerprint density at radius 3 is 2.94 bits per heavy atom. The van der Waals surface area contributed by atoms with Gasteiger partial charge in [-0.2, -0.15) is 0 Å². The van der Waals surface area contributed by atoms with Crippen LogP contribution in [0.5, 0.6) is 0 Å². The molecule has 2 aromatic rings. The molecule has 0 fully saturated rings. The van der Waals surface area contributed by atoms with Crippen molar-refractivity contribution in [1.29, 1.82) is 0 Å². The van der Waals surface area contributed by atoms with Crippen LogP contribution in [0.2, 0.25) is 0 Å². The van der Waals surface area contributed by atoms with Crippen molar-refractivity contribution < 1.29 is 0 Å². The molecule has 0 spiro atoms. The van der Waals surface area contributed by atoms with Gasteiger partial charge in [-0.1, -0.05) is 30.4 Å². The molecule has 0 aliphatic carbocycles. The van der Waals surface area contributed by atoms with Gasteiger partial charge in [0.1, 0.15) is 5.01 Å². The number of hydrogen-bond donors (Lipinski definition) is 1. The van der Waals surface area contributed by atoms with E-state index >= 15 is 0 Å². The summed E-state index contributed by atoms with van der Waals surface area (Å²) in [6, 6.07) is 6.10. The number of anilines is 2. The quantitative estimate of drug-likeness (QED) is 0.825. The fourth-order valence-corrected chi connectivity index (χ4v) is 2.88. The van der Waals surface area contributed by atoms with Gasteiger partial charge < -0.3 is 10.6 Å². The first-order valence-electron chi connectivity index (χ1n) is 5.71. The van der Waals surface area contributed by atoms with Crippen LogP contribution in [-0.4, -0.2) is 10.2 Å². The molecule has 0 radical (unpaired) electrons. The third-order valence-corrected chi connectivity index (χ3v) is 4.18. The van der Waals surface area contributed by atoms with Crippen molar-refractivity contribution in [3.63, 3.8) is 0 Å². The summed E-state index contributed by atoms with van der Waals surface area (Å²) in [4.78, 5) is 2.23. The molecule has 0 amide bonds. The molecule has 0 atom stereocenters. The molecule has 1 aromatic carbocycles. The Morgan fingerprint density at radius 1 is 1.35 bits per heavy atom. The molecule has 0 unspecified atom stereocenters. The fraction of sp³-hybridized carbons (Fsp3) is 0.333. The van der Waals surface area contributed by atoms with Crippen molar-refractivity contribution in [1.82, 2.24) is 10.2 Å². The summed E-state index contributed by atoms with van der Waals surface area (Å²) in [6.07, 6.45) is 0.945. The Morgan fingerprint density at radius 2 is 2.24 bits per heavy atom. The number of aryl methyl sites for hydroxylation is 1. The molecule has 0 bridgehead atoms. The van der Waals surface area contributed by atoms with Crippen LogP contribution in [0.4, 0.5) is 10.8 Å². The summed E-state index contributed by atoms with van der Waals surface area (Å²) in [5.74, 6) is 0. The molecule has 1 aliphatic rings. The Labute approximate surface area is 104 Å². The van der Waals surface area contributed by atoms with E-state index in [0.29, 0.717) is 0 Å². The van der Waals surface area contributed by atoms with Crippen LogP contribution in [0, 0.1) is 0 Å². The molecule has 1 aliphatic heterocycles. The summed E-state index contributed by atoms with van der Waals surface area (Å²) in [5, 5.41) is 10.5. The molecule has 88 valence electrons. The minimum absolute atomic E-state index is 0.848. The standard InChI is InChI=1S/C12H14N4S/c1-2-11-14-15-12(17-11)16-6-8-4-3-5-10(13)9(8)7-16/h3-5H,2,6-7,13H2,1H3. The topological polar surface area (TPSA) is 55.0 Å². The lowest BCUT2D eigenvalue weighted by Gasteiger charge is -2.11. The number of rotatable bonds is 2. The number of aromatic nitrogens is 2. The minimum Gasteiger partial charge on any atom is -0.398 e. The van der Waals surface area contributed by atoms with Crippen LogP contribution in [0.1, 0.15) is 23.1 Å². The number of benzene rings is 1. The Hall–Kier alpha value is -1.62. The lowest BCUT2D eigenvalue weighted by molar-refractivity contribution is 0.851. The van der Waals surface area contributed by atoms with Crippen molar-refractivity contribution in [2.24, 2.45) is 0 Å². The molecule has 3 rings (SSSR count). The maximum absolute atomic E-state index is 5.98. The van der Waals surface area contributed by atoms with Crippen LogP contribution in [0.3, 0.4) is 0 Å². The second-order valence-corrected chi connectivity index (χ2v) is 5.21. The lowest BCUT2D eigenvalue weighted by atomic mass is 10.1. The van der Waals surface area contributed by atoms with Gasteiger partial charge in [0.2, 0.25) is 5.13 Å². The van der Waals surface area contributed by atoms with Gasteiger partial charge in [0.05, 0.1) is 0 Å². The predicted octanol–water partition coefficient (Wildman–Crippen LogP) is 2.20. The Bertz CT molecular complexity index is 549. The first kappa shape index (κ1) is 10.5. The average molecular weight is 246 g/mol. The van der Waals surface area contributed by atoms with Crippen LogP contribution in [0.25, 0.3) is 0 Å². The summed E-state index contributed by atoms with van der Waals surface area (Å²) in [6.45, 7) is 3.83. The molecule has 1 aromatic heterocycles. The van der Waals surface area contributed by atoms with Gasteiger partial charge in [0.15, 0.2) is 0 Å². The molecule has 2 N–H and O–H groups in total. The van der Waals surface area contributed by atoms with E-state index in [0.717, 1.165) is 35.3 Å². The molecule has 5 heteroatoms. The van der Waals surface area contributed by atoms with Gasteiger partial charge in [0, 0.05) is 18.8 Å². The van der Waals surface area contributed by atoms with Crippen molar-refractivity contribution in [3.05, 3.63) is 34.3 Å². The Balaban J connectivity index is 1.88. The zero-order chi connectivity index (χ0) is 11.8. The highest BCUT2D eigenvalue weighted by Crippen LogP contribution is 2.32. The first-order valence-corrected chi connectivity index (χ1v) is 6.53. The summed E-state index contributed by atoms with van der Waals surface area (Å²) < 4.78 is 0. The molecular formula is C12H14N4S. The first-order chi connectivity index (χ1) is 8.28. The van der Waals surface area contributed by atoms with Gasteiger partial charge in [-0.05, 0) is 23.6 Å². The lowest BCUT2D eigenvalue weighted by Crippen LogP contribution is -2.14. The Kier molecular flexibility index (Phi) is 2.48. The number of hydrogen-bond acceptors (Lipinski definition) is 5. The number of nitrogens with zero attached hydrogens (tertiary/aromatic N) is 3. The monoisotopic (exact) mass is 246 g/mol. The molecule has 0 saturated heterocycles. The van der Waals surface area contributed by atoms with E-state index in [-0.39, 0.29) is 0 Å². The molecule has 0 saturated carbocycles. The van der Waals surface area contributed by atoms with Crippen LogP contribution in [0.15, 0.2) is 18.2 Å². The van der Waals surface area contributed by atoms with Crippen LogP contribution >= 0.6 is 11.3 Å². The number of nitrogens with two attached hydrogens (primary N) is 1. The van der Waals surface area contributed by atoms with Gasteiger partial charge >= 0.3 is 0 Å². The molecule has 2 heterocycles. The van der Waals surface area contributed by atoms with Crippen molar-refractivity contribution in [2.45, 2.75) is 26.4 Å². The molecular weight excluding hydrogens is 232 g/mol. The van der Waals surface area contributed by atoms with Crippen LogP contribution < -0.4 is 10.6 Å². The van der Waals surface area contributed by atoms with E-state index in [2.05, 4.69) is 28.1 Å². The van der Waals surface area contributed by atoms with E-state index in [9.17, 15) is 0 Å². The normalized spacial score (nSPS) is 14.1. The number of fused-ring (bicyclic) bond motifs is 1. The van der Waals surface area contributed by atoms with Crippen LogP contribution in [-0.2, 0) is 19.5 Å². The summed E-state index contributed by atoms with van der Waals surface area (Å²) in [5.41, 5.74) is 9.40. The van der Waals surface area contributed by atoms with E-state index in [1.807, 2.05) is 12.1 Å². The minimum atomic E-state index is 0.848. The predicted molar refractivity (Wildman–Crippen MR) is 70.0 cm³/mol. The average Bonchev–Trinajstić information content (AvgIpc) is 2.95. The maximum Gasteiger partial charge on any atom is 0.208 e. The smallest absolute Gasteiger partial charge is 0.208 e. The summed E-state index contributed by atoms with van der Waals surface area (Å²) >= 11 is 1.67. The van der Waals surface area contributed by atoms with Gasteiger partial charge in [-0.3, -0.25) is 0 Å². The third kappa shape index (κ3) is 1.76. The van der Waals surface area contributed by atoms with Gasteiger partial charge in [-0.25, -0.2) is 0 Å². The zero-order valence-electron chi connectivity index (χ0n) is 9.68. The third-order valence-electron chi connectivity index (χ3n) is 3.05. The fourth-order valence-electron chi connectivity index (χ4n) is 2.10. The molecule has 4 nitrogen and oxygen atoms in total. The molecule has 17 heavy (non-hydrogen) atoms. The summed E-state index contributed by atoms with van der Waals surface area (Å²) in [7, 11) is 0. The number of nitrogen functional groups attached to an aromatic ring is 1. The highest BCUT2D eigenvalue weighted by atomic mass is 32.1. The van der Waals surface area contributed by atoms with Gasteiger partial charge in [-0.15, -0.1) is 10.2 Å². The van der Waals surface area contributed by atoms with E-state index in [4.69, 9.17) is 5.73 Å². The van der Waals surface area contributed by atoms with E-state index in [1.54, 1.807) is 11.3 Å². The van der Waals surface area contributed by atoms with Crippen molar-refractivity contribution >= 4 is 22.2 Å². The van der Waals surface area contributed by atoms with Gasteiger partial charge in [0.25, 0.3) is 0 Å². The SMILES string of the molecule is CCc1nnc(N2Cc3cccc(N)c3C2)s1.